The highest BCUT2D eigenvalue weighted by Crippen LogP contribution is 2.07. The van der Waals surface area contributed by atoms with Gasteiger partial charge in [-0.2, -0.15) is 0 Å². The summed E-state index contributed by atoms with van der Waals surface area (Å²) in [7, 11) is 0.0590. The fourth-order valence-electron chi connectivity index (χ4n) is 1.22. The van der Waals surface area contributed by atoms with Gasteiger partial charge in [0.25, 0.3) is 0 Å². The van der Waals surface area contributed by atoms with Crippen LogP contribution >= 0.6 is 36.3 Å². The zero-order chi connectivity index (χ0) is 16.3. The summed E-state index contributed by atoms with van der Waals surface area (Å²) in [5.74, 6) is -0.229. The lowest BCUT2D eigenvalue weighted by Crippen LogP contribution is -2.43. The molecule has 0 heterocycles. The SMILES string of the molecule is C[B]PC(=O)CNC(=O)C(N)CCC(=O)NCC([O-])=PI. The molecular formula is C10H17BIN3O4P2-. The fraction of sp³-hybridized carbons (Fsp3) is 0.600. The van der Waals surface area contributed by atoms with E-state index in [1.807, 2.05) is 22.0 Å². The number of carbonyl (C=O) groups excluding carboxylic acids is 3. The summed E-state index contributed by atoms with van der Waals surface area (Å²) in [5.41, 5.74) is 5.45. The van der Waals surface area contributed by atoms with Crippen LogP contribution in [0.2, 0.25) is 6.82 Å². The van der Waals surface area contributed by atoms with Crippen molar-refractivity contribution in [3.8, 4) is 0 Å². The van der Waals surface area contributed by atoms with Crippen molar-refractivity contribution in [3.63, 3.8) is 0 Å². The Morgan fingerprint density at radius 3 is 2.62 bits per heavy atom. The predicted molar refractivity (Wildman–Crippen MR) is 94.1 cm³/mol. The van der Waals surface area contributed by atoms with Crippen molar-refractivity contribution in [2.24, 2.45) is 5.73 Å². The van der Waals surface area contributed by atoms with Crippen molar-refractivity contribution < 1.29 is 19.5 Å². The molecule has 0 aromatic carbocycles. The molecule has 1 radical (unpaired) electrons. The summed E-state index contributed by atoms with van der Waals surface area (Å²) < 4.78 is 0. The summed E-state index contributed by atoms with van der Waals surface area (Å²) in [6.07, 6.45) is 0.211. The molecule has 21 heavy (non-hydrogen) atoms. The number of hydrogen-bond acceptors (Lipinski definition) is 5. The van der Waals surface area contributed by atoms with Crippen molar-refractivity contribution in [3.05, 3.63) is 0 Å². The van der Waals surface area contributed by atoms with Gasteiger partial charge in [-0.25, -0.2) is 0 Å². The van der Waals surface area contributed by atoms with Gasteiger partial charge in [0.05, 0.1) is 12.6 Å². The molecule has 2 unspecified atom stereocenters. The third-order valence-electron chi connectivity index (χ3n) is 2.28. The minimum Gasteiger partial charge on any atom is -0.825 e. The summed E-state index contributed by atoms with van der Waals surface area (Å²) in [6.45, 7) is 3.43. The molecule has 0 aliphatic rings. The maximum Gasteiger partial charge on any atom is 0.237 e. The van der Waals surface area contributed by atoms with E-state index in [9.17, 15) is 19.5 Å². The van der Waals surface area contributed by atoms with Gasteiger partial charge in [0.15, 0.2) is 5.52 Å². The average molecular weight is 443 g/mol. The summed E-state index contributed by atoms with van der Waals surface area (Å²) >= 11 is 1.89. The molecule has 0 aliphatic carbocycles. The maximum atomic E-state index is 11.6. The highest BCUT2D eigenvalue weighted by Gasteiger charge is 2.15. The quantitative estimate of drug-likeness (QED) is 0.227. The van der Waals surface area contributed by atoms with Gasteiger partial charge < -0.3 is 21.5 Å². The Kier molecular flexibility index (Phi) is 12.4. The van der Waals surface area contributed by atoms with E-state index in [-0.39, 0.29) is 51.3 Å². The van der Waals surface area contributed by atoms with Gasteiger partial charge in [-0.3, -0.25) is 14.4 Å². The number of carbonyl (C=O) groups is 3. The van der Waals surface area contributed by atoms with E-state index in [0.717, 1.165) is 0 Å². The molecule has 0 rings (SSSR count). The lowest BCUT2D eigenvalue weighted by Gasteiger charge is -2.13. The van der Waals surface area contributed by atoms with Crippen LogP contribution in [0.3, 0.4) is 0 Å². The largest absolute Gasteiger partial charge is 0.825 e. The highest BCUT2D eigenvalue weighted by molar-refractivity contribution is 14.2. The van der Waals surface area contributed by atoms with Crippen molar-refractivity contribution in [1.82, 2.24) is 10.6 Å². The van der Waals surface area contributed by atoms with Gasteiger partial charge in [-0.1, -0.05) is 15.3 Å². The number of rotatable bonds is 10. The molecule has 117 valence electrons. The second-order valence-corrected chi connectivity index (χ2v) is 7.51. The molecule has 0 aromatic rings. The first-order valence-electron chi connectivity index (χ1n) is 6.12. The van der Waals surface area contributed by atoms with Crippen molar-refractivity contribution in [2.45, 2.75) is 25.7 Å². The minimum absolute atomic E-state index is 0.0201. The van der Waals surface area contributed by atoms with Crippen LogP contribution in [0.15, 0.2) is 0 Å². The van der Waals surface area contributed by atoms with Crippen LogP contribution in [0, 0.1) is 0 Å². The smallest absolute Gasteiger partial charge is 0.237 e. The maximum absolute atomic E-state index is 11.6. The molecule has 0 aromatic heterocycles. The number of hydrogen-bond donors (Lipinski definition) is 3. The third-order valence-corrected chi connectivity index (χ3v) is 5.03. The zero-order valence-electron chi connectivity index (χ0n) is 11.5. The first kappa shape index (κ1) is 20.9. The van der Waals surface area contributed by atoms with Crippen LogP contribution in [-0.2, 0) is 14.4 Å². The van der Waals surface area contributed by atoms with E-state index in [4.69, 9.17) is 5.73 Å². The molecule has 11 heteroatoms. The molecule has 2 atom stereocenters. The molecule has 7 nitrogen and oxygen atoms in total. The number of amides is 2. The Morgan fingerprint density at radius 1 is 1.38 bits per heavy atom. The average Bonchev–Trinajstić information content (AvgIpc) is 2.47. The summed E-state index contributed by atoms with van der Waals surface area (Å²) in [4.78, 5) is 34.3. The minimum atomic E-state index is -0.851. The van der Waals surface area contributed by atoms with Crippen LogP contribution < -0.4 is 21.5 Å². The van der Waals surface area contributed by atoms with Gasteiger partial charge >= 0.3 is 0 Å². The number of nitrogens with one attached hydrogen (secondary N) is 2. The Morgan fingerprint density at radius 2 is 2.05 bits per heavy atom. The predicted octanol–water partition coefficient (Wildman–Crippen LogP) is -1.01. The lowest BCUT2D eigenvalue weighted by atomic mass is 10.1. The van der Waals surface area contributed by atoms with E-state index in [1.165, 1.54) is 0 Å². The van der Waals surface area contributed by atoms with Crippen LogP contribution in [0.4, 0.5) is 0 Å². The molecule has 0 aliphatic heterocycles. The third kappa shape index (κ3) is 11.2. The van der Waals surface area contributed by atoms with Gasteiger partial charge in [-0.15, -0.1) is 5.48 Å². The van der Waals surface area contributed by atoms with Crippen LogP contribution in [0.5, 0.6) is 0 Å². The lowest BCUT2D eigenvalue weighted by molar-refractivity contribution is -0.211. The van der Waals surface area contributed by atoms with Crippen LogP contribution in [0.1, 0.15) is 12.8 Å². The molecule has 0 saturated heterocycles. The number of halogens is 1. The highest BCUT2D eigenvalue weighted by atomic mass is 127. The number of nitrogens with two attached hydrogens (primary N) is 1. The van der Waals surface area contributed by atoms with E-state index in [0.29, 0.717) is 5.85 Å². The van der Waals surface area contributed by atoms with E-state index in [1.54, 1.807) is 13.8 Å². The molecule has 0 fully saturated rings. The second-order valence-electron chi connectivity index (χ2n) is 3.97. The van der Waals surface area contributed by atoms with Crippen molar-refractivity contribution >= 4 is 66.2 Å². The molecular weight excluding hydrogens is 426 g/mol. The molecule has 2 amide bonds. The van der Waals surface area contributed by atoms with Gasteiger partial charge in [-0.05, 0) is 34.3 Å². The molecule has 0 saturated carbocycles. The Labute approximate surface area is 140 Å². The standard InChI is InChI=1S/C10H18BIN3O4P2/c1-11-20-8(17)4-15-10(19)6(13)2-3-7(16)14-5-9(18)21-12/h6,18,20H,2-5,13H2,1H3,(H,14,16)(H,15,19)/p-1. The van der Waals surface area contributed by atoms with E-state index >= 15 is 0 Å². The summed E-state index contributed by atoms with van der Waals surface area (Å²) in [5, 5.41) is 15.9. The van der Waals surface area contributed by atoms with Gasteiger partial charge in [0.2, 0.25) is 11.8 Å². The van der Waals surface area contributed by atoms with Crippen molar-refractivity contribution in [2.75, 3.05) is 13.1 Å². The Balaban J connectivity index is 3.91. The van der Waals surface area contributed by atoms with Crippen LogP contribution in [0.25, 0.3) is 0 Å². The second kappa shape index (κ2) is 12.5. The molecule has 4 N–H and O–H groups in total. The Bertz CT molecular complexity index is 412. The van der Waals surface area contributed by atoms with Gasteiger partial charge in [0, 0.05) is 13.0 Å². The zero-order valence-corrected chi connectivity index (χ0v) is 15.6. The van der Waals surface area contributed by atoms with E-state index < -0.39 is 11.9 Å². The van der Waals surface area contributed by atoms with Crippen LogP contribution in [-0.4, -0.2) is 48.9 Å². The van der Waals surface area contributed by atoms with Crippen molar-refractivity contribution in [1.29, 1.82) is 0 Å². The topological polar surface area (TPSA) is 124 Å². The molecule has 0 spiro atoms. The normalized spacial score (nSPS) is 13.0. The monoisotopic (exact) mass is 443 g/mol. The van der Waals surface area contributed by atoms with Gasteiger partial charge in [0.1, 0.15) is 7.00 Å². The molecule has 0 bridgehead atoms. The first-order chi connectivity index (χ1) is 9.90. The Hall–Kier alpha value is -0.0751. The summed E-state index contributed by atoms with van der Waals surface area (Å²) in [6, 6.07) is -0.851. The first-order valence-corrected chi connectivity index (χ1v) is 10.9. The fourth-order valence-corrected chi connectivity index (χ4v) is 2.38. The van der Waals surface area contributed by atoms with E-state index in [2.05, 4.69) is 10.6 Å².